The van der Waals surface area contributed by atoms with Crippen LogP contribution in [0.3, 0.4) is 0 Å². The molecule has 4 rings (SSSR count). The number of fused-ring (bicyclic) bond motifs is 1. The SMILES string of the molecule is O=C(NCc1ccccc1Cn1cccn1)Nc1ccc2ccccc2c1. The number of benzene rings is 3. The van der Waals surface area contributed by atoms with Gasteiger partial charge in [0, 0.05) is 24.6 Å². The highest BCUT2D eigenvalue weighted by Gasteiger charge is 2.06. The number of nitrogens with zero attached hydrogens (tertiary/aromatic N) is 2. The molecule has 0 aliphatic carbocycles. The fourth-order valence-corrected chi connectivity index (χ4v) is 3.07. The van der Waals surface area contributed by atoms with Crippen molar-refractivity contribution in [3.05, 3.63) is 96.3 Å². The standard InChI is InChI=1S/C22H20N4O/c27-22(25-21-11-10-17-6-1-2-7-18(17)14-21)23-15-19-8-3-4-9-20(19)16-26-13-5-12-24-26/h1-14H,15-16H2,(H2,23,25,27). The molecule has 0 spiro atoms. The molecule has 27 heavy (non-hydrogen) atoms. The molecule has 2 N–H and O–H groups in total. The zero-order chi connectivity index (χ0) is 18.5. The van der Waals surface area contributed by atoms with E-state index in [-0.39, 0.29) is 6.03 Å². The van der Waals surface area contributed by atoms with E-state index in [1.165, 1.54) is 0 Å². The van der Waals surface area contributed by atoms with E-state index in [2.05, 4.69) is 27.9 Å². The normalized spacial score (nSPS) is 10.7. The lowest BCUT2D eigenvalue weighted by Crippen LogP contribution is -2.28. The molecule has 1 heterocycles. The molecule has 0 aliphatic heterocycles. The first-order valence-electron chi connectivity index (χ1n) is 8.86. The quantitative estimate of drug-likeness (QED) is 0.557. The first-order chi connectivity index (χ1) is 13.3. The molecule has 0 unspecified atom stereocenters. The Labute approximate surface area is 157 Å². The molecule has 0 saturated heterocycles. The fraction of sp³-hybridized carbons (Fsp3) is 0.0909. The van der Waals surface area contributed by atoms with E-state index in [4.69, 9.17) is 0 Å². The maximum Gasteiger partial charge on any atom is 0.319 e. The minimum absolute atomic E-state index is 0.223. The van der Waals surface area contributed by atoms with E-state index < -0.39 is 0 Å². The molecule has 0 bridgehead atoms. The zero-order valence-corrected chi connectivity index (χ0v) is 14.8. The lowest BCUT2D eigenvalue weighted by atomic mass is 10.1. The highest BCUT2D eigenvalue weighted by atomic mass is 16.2. The minimum Gasteiger partial charge on any atom is -0.334 e. The third-order valence-corrected chi connectivity index (χ3v) is 4.46. The summed E-state index contributed by atoms with van der Waals surface area (Å²) in [6.45, 7) is 1.13. The third-order valence-electron chi connectivity index (χ3n) is 4.46. The Balaban J connectivity index is 1.40. The molecule has 3 aromatic carbocycles. The molecule has 134 valence electrons. The van der Waals surface area contributed by atoms with Crippen molar-refractivity contribution in [3.63, 3.8) is 0 Å². The summed E-state index contributed by atoms with van der Waals surface area (Å²) in [6, 6.07) is 23.7. The van der Waals surface area contributed by atoms with Gasteiger partial charge in [-0.2, -0.15) is 5.10 Å². The van der Waals surface area contributed by atoms with Gasteiger partial charge in [0.1, 0.15) is 0 Å². The molecule has 0 radical (unpaired) electrons. The minimum atomic E-state index is -0.223. The number of carbonyl (C=O) groups is 1. The van der Waals surface area contributed by atoms with Crippen LogP contribution in [-0.2, 0) is 13.1 Å². The van der Waals surface area contributed by atoms with Crippen molar-refractivity contribution in [3.8, 4) is 0 Å². The summed E-state index contributed by atoms with van der Waals surface area (Å²) in [7, 11) is 0. The van der Waals surface area contributed by atoms with Gasteiger partial charge >= 0.3 is 6.03 Å². The molecule has 2 amide bonds. The van der Waals surface area contributed by atoms with Crippen molar-refractivity contribution in [2.24, 2.45) is 0 Å². The molecule has 0 aliphatic rings. The van der Waals surface area contributed by atoms with Crippen LogP contribution in [0.4, 0.5) is 10.5 Å². The molecule has 5 heteroatoms. The van der Waals surface area contributed by atoms with Crippen LogP contribution in [0.5, 0.6) is 0 Å². The summed E-state index contributed by atoms with van der Waals surface area (Å²) in [4.78, 5) is 12.3. The Morgan fingerprint density at radius 1 is 0.889 bits per heavy atom. The average Bonchev–Trinajstić information content (AvgIpc) is 3.20. The maximum absolute atomic E-state index is 12.3. The average molecular weight is 356 g/mol. The van der Waals surface area contributed by atoms with Crippen LogP contribution < -0.4 is 10.6 Å². The number of hydrogen-bond acceptors (Lipinski definition) is 2. The van der Waals surface area contributed by atoms with Crippen LogP contribution in [0.1, 0.15) is 11.1 Å². The second-order valence-electron chi connectivity index (χ2n) is 6.34. The van der Waals surface area contributed by atoms with Gasteiger partial charge in [0.15, 0.2) is 0 Å². The van der Waals surface area contributed by atoms with Crippen molar-refractivity contribution in [1.82, 2.24) is 15.1 Å². The number of rotatable bonds is 5. The summed E-state index contributed by atoms with van der Waals surface area (Å²) in [6.07, 6.45) is 3.69. The molecule has 0 atom stereocenters. The van der Waals surface area contributed by atoms with Gasteiger partial charge in [0.2, 0.25) is 0 Å². The zero-order valence-electron chi connectivity index (χ0n) is 14.8. The molecule has 0 saturated carbocycles. The monoisotopic (exact) mass is 356 g/mol. The number of anilines is 1. The molecular formula is C22H20N4O. The summed E-state index contributed by atoms with van der Waals surface area (Å²) >= 11 is 0. The van der Waals surface area contributed by atoms with E-state index in [9.17, 15) is 4.79 Å². The van der Waals surface area contributed by atoms with Crippen LogP contribution in [0, 0.1) is 0 Å². The maximum atomic E-state index is 12.3. The van der Waals surface area contributed by atoms with E-state index in [1.807, 2.05) is 71.5 Å². The van der Waals surface area contributed by atoms with Crippen LogP contribution in [0.25, 0.3) is 10.8 Å². The van der Waals surface area contributed by atoms with Crippen LogP contribution in [0.15, 0.2) is 85.2 Å². The number of hydrogen-bond donors (Lipinski definition) is 2. The molecule has 5 nitrogen and oxygen atoms in total. The van der Waals surface area contributed by atoms with Gasteiger partial charge in [-0.25, -0.2) is 4.79 Å². The second-order valence-corrected chi connectivity index (χ2v) is 6.34. The molecule has 4 aromatic rings. The van der Waals surface area contributed by atoms with Gasteiger partial charge in [-0.05, 0) is 40.1 Å². The lowest BCUT2D eigenvalue weighted by molar-refractivity contribution is 0.251. The first-order valence-corrected chi connectivity index (χ1v) is 8.86. The highest BCUT2D eigenvalue weighted by Crippen LogP contribution is 2.18. The van der Waals surface area contributed by atoms with Gasteiger partial charge in [0.25, 0.3) is 0 Å². The van der Waals surface area contributed by atoms with Gasteiger partial charge < -0.3 is 10.6 Å². The molecule has 0 fully saturated rings. The smallest absolute Gasteiger partial charge is 0.319 e. The summed E-state index contributed by atoms with van der Waals surface area (Å²) in [5.74, 6) is 0. The summed E-state index contributed by atoms with van der Waals surface area (Å²) in [5, 5.41) is 12.3. The highest BCUT2D eigenvalue weighted by molar-refractivity contribution is 5.93. The van der Waals surface area contributed by atoms with Gasteiger partial charge in [-0.3, -0.25) is 4.68 Å². The Kier molecular flexibility index (Phi) is 4.83. The number of amides is 2. The van der Waals surface area contributed by atoms with Crippen molar-refractivity contribution >= 4 is 22.5 Å². The predicted octanol–water partition coefficient (Wildman–Crippen LogP) is 4.41. The van der Waals surface area contributed by atoms with Crippen molar-refractivity contribution in [1.29, 1.82) is 0 Å². The van der Waals surface area contributed by atoms with E-state index in [0.29, 0.717) is 13.1 Å². The number of urea groups is 1. The third kappa shape index (κ3) is 4.15. The Morgan fingerprint density at radius 2 is 1.67 bits per heavy atom. The predicted molar refractivity (Wildman–Crippen MR) is 108 cm³/mol. The van der Waals surface area contributed by atoms with Crippen LogP contribution >= 0.6 is 0 Å². The van der Waals surface area contributed by atoms with Gasteiger partial charge in [-0.1, -0.05) is 54.6 Å². The summed E-state index contributed by atoms with van der Waals surface area (Å²) in [5.41, 5.74) is 2.98. The van der Waals surface area contributed by atoms with Crippen molar-refractivity contribution in [2.75, 3.05) is 5.32 Å². The van der Waals surface area contributed by atoms with Crippen molar-refractivity contribution in [2.45, 2.75) is 13.1 Å². The van der Waals surface area contributed by atoms with E-state index >= 15 is 0 Å². The van der Waals surface area contributed by atoms with Crippen LogP contribution in [-0.4, -0.2) is 15.8 Å². The largest absolute Gasteiger partial charge is 0.334 e. The second kappa shape index (κ2) is 7.74. The molecule has 1 aromatic heterocycles. The summed E-state index contributed by atoms with van der Waals surface area (Å²) < 4.78 is 1.87. The topological polar surface area (TPSA) is 59.0 Å². The Bertz CT molecular complexity index is 1060. The first kappa shape index (κ1) is 16.8. The van der Waals surface area contributed by atoms with Gasteiger partial charge in [0.05, 0.1) is 6.54 Å². The van der Waals surface area contributed by atoms with Crippen LogP contribution in [0.2, 0.25) is 0 Å². The van der Waals surface area contributed by atoms with E-state index in [0.717, 1.165) is 27.6 Å². The van der Waals surface area contributed by atoms with E-state index in [1.54, 1.807) is 6.20 Å². The number of aromatic nitrogens is 2. The fourth-order valence-electron chi connectivity index (χ4n) is 3.07. The Hall–Kier alpha value is -3.60. The Morgan fingerprint density at radius 3 is 2.48 bits per heavy atom. The lowest BCUT2D eigenvalue weighted by Gasteiger charge is -2.12. The molecular weight excluding hydrogens is 336 g/mol. The van der Waals surface area contributed by atoms with Crippen molar-refractivity contribution < 1.29 is 4.79 Å². The number of nitrogens with one attached hydrogen (secondary N) is 2. The van der Waals surface area contributed by atoms with Gasteiger partial charge in [-0.15, -0.1) is 0 Å². The number of carbonyl (C=O) groups excluding carboxylic acids is 1.